The molecule has 0 amide bonds. The Kier molecular flexibility index (Phi) is 5.13. The van der Waals surface area contributed by atoms with Crippen LogP contribution in [0.25, 0.3) is 0 Å². The van der Waals surface area contributed by atoms with Gasteiger partial charge in [0.1, 0.15) is 11.6 Å². The van der Waals surface area contributed by atoms with Crippen molar-refractivity contribution in [2.24, 2.45) is 0 Å². The summed E-state index contributed by atoms with van der Waals surface area (Å²) < 4.78 is 27.3. The third-order valence-electron chi connectivity index (χ3n) is 4.66. The van der Waals surface area contributed by atoms with Gasteiger partial charge in [0.05, 0.1) is 10.6 Å². The van der Waals surface area contributed by atoms with Gasteiger partial charge in [0.2, 0.25) is 10.0 Å². The third kappa shape index (κ3) is 3.91. The van der Waals surface area contributed by atoms with Crippen molar-refractivity contribution in [3.63, 3.8) is 0 Å². The van der Waals surface area contributed by atoms with E-state index in [2.05, 4.69) is 20.3 Å². The average Bonchev–Trinajstić information content (AvgIpc) is 3.32. The highest BCUT2D eigenvalue weighted by atomic mass is 32.2. The van der Waals surface area contributed by atoms with Gasteiger partial charge < -0.3 is 5.32 Å². The van der Waals surface area contributed by atoms with Crippen LogP contribution in [0.5, 0.6) is 0 Å². The van der Waals surface area contributed by atoms with Gasteiger partial charge in [-0.15, -0.1) is 11.3 Å². The predicted octanol–water partition coefficient (Wildman–Crippen LogP) is 3.47. The highest BCUT2D eigenvalue weighted by Gasteiger charge is 2.34. The molecule has 1 aliphatic rings. The molecule has 1 N–H and O–H groups in total. The topological polar surface area (TPSA) is 88.1 Å². The van der Waals surface area contributed by atoms with E-state index in [9.17, 15) is 8.42 Å². The summed E-state index contributed by atoms with van der Waals surface area (Å²) in [4.78, 5) is 14.8. The molecule has 3 heterocycles. The lowest BCUT2D eigenvalue weighted by molar-refractivity contribution is 0.472. The molecule has 7 nitrogen and oxygen atoms in total. The van der Waals surface area contributed by atoms with Gasteiger partial charge in [-0.05, 0) is 32.4 Å². The normalized spacial score (nSPS) is 17.7. The second-order valence-corrected chi connectivity index (χ2v) is 9.96. The first kappa shape index (κ1) is 19.0. The van der Waals surface area contributed by atoms with Crippen LogP contribution in [0.3, 0.4) is 0 Å². The zero-order valence-corrected chi connectivity index (χ0v) is 17.3. The minimum Gasteiger partial charge on any atom is -0.316 e. The molecule has 1 aliphatic heterocycles. The van der Waals surface area contributed by atoms with Gasteiger partial charge >= 0.3 is 0 Å². The van der Waals surface area contributed by atoms with Gasteiger partial charge in [0.25, 0.3) is 0 Å². The molecule has 0 spiro atoms. The number of hydrogen-bond acceptors (Lipinski definition) is 7. The van der Waals surface area contributed by atoms with Gasteiger partial charge in [0, 0.05) is 36.1 Å². The maximum Gasteiger partial charge on any atom is 0.243 e. The minimum atomic E-state index is -3.48. The van der Waals surface area contributed by atoms with Crippen LogP contribution in [0.4, 0.5) is 10.9 Å². The van der Waals surface area contributed by atoms with E-state index in [4.69, 9.17) is 0 Å². The van der Waals surface area contributed by atoms with Crippen molar-refractivity contribution in [2.45, 2.75) is 31.1 Å². The predicted molar refractivity (Wildman–Crippen MR) is 109 cm³/mol. The molecule has 0 aliphatic carbocycles. The van der Waals surface area contributed by atoms with Crippen LogP contribution in [-0.4, -0.2) is 40.8 Å². The number of rotatable bonds is 5. The number of sulfonamides is 1. The van der Waals surface area contributed by atoms with E-state index in [1.807, 2.05) is 32.2 Å². The van der Waals surface area contributed by atoms with E-state index < -0.39 is 10.0 Å². The number of nitrogens with one attached hydrogen (secondary N) is 1. The largest absolute Gasteiger partial charge is 0.316 e. The lowest BCUT2D eigenvalue weighted by Gasteiger charge is -2.17. The van der Waals surface area contributed by atoms with E-state index >= 15 is 0 Å². The maximum absolute atomic E-state index is 12.9. The Labute approximate surface area is 168 Å². The zero-order chi connectivity index (χ0) is 19.7. The molecule has 28 heavy (non-hydrogen) atoms. The van der Waals surface area contributed by atoms with Crippen molar-refractivity contribution in [1.82, 2.24) is 19.3 Å². The first-order valence-electron chi connectivity index (χ1n) is 9.02. The van der Waals surface area contributed by atoms with Crippen molar-refractivity contribution in [1.29, 1.82) is 0 Å². The second-order valence-electron chi connectivity index (χ2n) is 6.79. The summed E-state index contributed by atoms with van der Waals surface area (Å²) >= 11 is 1.56. The molecular weight excluding hydrogens is 394 g/mol. The molecule has 1 fully saturated rings. The van der Waals surface area contributed by atoms with Gasteiger partial charge in [-0.1, -0.05) is 18.2 Å². The van der Waals surface area contributed by atoms with Crippen molar-refractivity contribution in [2.75, 3.05) is 18.4 Å². The molecule has 146 valence electrons. The third-order valence-corrected chi connectivity index (χ3v) is 7.37. The second kappa shape index (κ2) is 7.57. The molecule has 0 radical (unpaired) electrons. The van der Waals surface area contributed by atoms with E-state index in [-0.39, 0.29) is 5.92 Å². The van der Waals surface area contributed by atoms with Crippen LogP contribution >= 0.6 is 11.3 Å². The number of aryl methyl sites for hydroxylation is 2. The lowest BCUT2D eigenvalue weighted by Crippen LogP contribution is -2.28. The number of aromatic nitrogens is 3. The number of nitrogens with zero attached hydrogens (tertiary/aromatic N) is 4. The molecule has 0 saturated carbocycles. The molecule has 4 rings (SSSR count). The first-order chi connectivity index (χ1) is 13.4. The monoisotopic (exact) mass is 415 g/mol. The summed E-state index contributed by atoms with van der Waals surface area (Å²) in [6, 6.07) is 10.5. The highest BCUT2D eigenvalue weighted by Crippen LogP contribution is 2.31. The molecule has 0 bridgehead atoms. The molecule has 2 aromatic heterocycles. The Morgan fingerprint density at radius 3 is 2.68 bits per heavy atom. The van der Waals surface area contributed by atoms with Crippen LogP contribution in [0.1, 0.15) is 28.7 Å². The van der Waals surface area contributed by atoms with Crippen molar-refractivity contribution >= 4 is 32.3 Å². The number of thiazole rings is 1. The molecule has 1 saturated heterocycles. The maximum atomic E-state index is 12.9. The van der Waals surface area contributed by atoms with Crippen LogP contribution in [0.15, 0.2) is 47.5 Å². The van der Waals surface area contributed by atoms with Gasteiger partial charge in [-0.2, -0.15) is 4.31 Å². The van der Waals surface area contributed by atoms with E-state index in [0.29, 0.717) is 29.6 Å². The van der Waals surface area contributed by atoms with Gasteiger partial charge in [0.15, 0.2) is 5.13 Å². The quantitative estimate of drug-likeness (QED) is 0.686. The molecule has 1 atom stereocenters. The average molecular weight is 416 g/mol. The highest BCUT2D eigenvalue weighted by molar-refractivity contribution is 7.89. The van der Waals surface area contributed by atoms with Crippen LogP contribution in [-0.2, 0) is 10.0 Å². The Bertz CT molecular complexity index is 1080. The van der Waals surface area contributed by atoms with Crippen molar-refractivity contribution < 1.29 is 8.42 Å². The van der Waals surface area contributed by atoms with Gasteiger partial charge in [-0.3, -0.25) is 0 Å². The number of hydrogen-bond donors (Lipinski definition) is 1. The number of anilines is 2. The van der Waals surface area contributed by atoms with Crippen molar-refractivity contribution in [3.8, 4) is 0 Å². The Hall–Kier alpha value is -2.36. The standard InChI is InChI=1S/C19H21N5O2S2/c1-13-11-20-19(27-13)23-18-10-17(21-14(2)22-18)15-8-9-24(12-15)28(25,26)16-6-4-3-5-7-16/h3-7,10-11,15H,8-9,12H2,1-2H3,(H,20,21,22,23)/t15-/m1/s1. The van der Waals surface area contributed by atoms with Crippen molar-refractivity contribution in [3.05, 3.63) is 59.0 Å². The Morgan fingerprint density at radius 1 is 1.18 bits per heavy atom. The fourth-order valence-corrected chi connectivity index (χ4v) is 5.51. The summed E-state index contributed by atoms with van der Waals surface area (Å²) in [5.74, 6) is 1.37. The summed E-state index contributed by atoms with van der Waals surface area (Å²) in [6.07, 6.45) is 2.55. The molecule has 9 heteroatoms. The summed E-state index contributed by atoms with van der Waals surface area (Å²) in [5.41, 5.74) is 0.856. The molecule has 0 unspecified atom stereocenters. The lowest BCUT2D eigenvalue weighted by atomic mass is 10.0. The van der Waals surface area contributed by atoms with E-state index in [1.54, 1.807) is 39.9 Å². The van der Waals surface area contributed by atoms with Crippen LogP contribution in [0.2, 0.25) is 0 Å². The fourth-order valence-electron chi connectivity index (χ4n) is 3.32. The first-order valence-corrected chi connectivity index (χ1v) is 11.3. The van der Waals surface area contributed by atoms with E-state index in [1.165, 1.54) is 0 Å². The minimum absolute atomic E-state index is 0.0405. The Morgan fingerprint density at radius 2 is 1.96 bits per heavy atom. The zero-order valence-electron chi connectivity index (χ0n) is 15.7. The summed E-state index contributed by atoms with van der Waals surface area (Å²) in [6.45, 7) is 4.75. The van der Waals surface area contributed by atoms with Crippen LogP contribution in [0, 0.1) is 13.8 Å². The van der Waals surface area contributed by atoms with E-state index in [0.717, 1.165) is 22.1 Å². The molecule has 1 aromatic carbocycles. The summed E-state index contributed by atoms with van der Waals surface area (Å²) in [5, 5.41) is 4.00. The van der Waals surface area contributed by atoms with Gasteiger partial charge in [-0.25, -0.2) is 23.4 Å². The molecular formula is C19H21N5O2S2. The van der Waals surface area contributed by atoms with Crippen LogP contribution < -0.4 is 5.32 Å². The smallest absolute Gasteiger partial charge is 0.243 e. The number of benzene rings is 1. The fraction of sp³-hybridized carbons (Fsp3) is 0.316. The molecule has 3 aromatic rings. The Balaban J connectivity index is 1.54. The summed E-state index contributed by atoms with van der Waals surface area (Å²) in [7, 11) is -3.48. The SMILES string of the molecule is Cc1nc(Nc2ncc(C)s2)cc([C@@H]2CCN(S(=O)(=O)c3ccccc3)C2)n1.